The van der Waals surface area contributed by atoms with E-state index in [1.807, 2.05) is 0 Å². The summed E-state index contributed by atoms with van der Waals surface area (Å²) < 4.78 is 42.8. The van der Waals surface area contributed by atoms with Crippen LogP contribution in [0.4, 0.5) is 10.1 Å². The minimum absolute atomic E-state index is 0.123. The van der Waals surface area contributed by atoms with Crippen molar-refractivity contribution in [3.63, 3.8) is 0 Å². The van der Waals surface area contributed by atoms with Crippen LogP contribution in [0.15, 0.2) is 77.7 Å². The Hall–Kier alpha value is -3.14. The van der Waals surface area contributed by atoms with Crippen LogP contribution in [-0.4, -0.2) is 43.8 Å². The summed E-state index contributed by atoms with van der Waals surface area (Å²) >= 11 is 12.7. The lowest BCUT2D eigenvalue weighted by molar-refractivity contribution is -0.139. The second-order valence-electron chi connectivity index (χ2n) is 8.84. The highest BCUT2D eigenvalue weighted by Crippen LogP contribution is 2.29. The number of sulfonamides is 1. The average Bonchev–Trinajstić information content (AvgIpc) is 2.87. The van der Waals surface area contributed by atoms with Crippen molar-refractivity contribution in [3.8, 4) is 0 Å². The predicted molar refractivity (Wildman–Crippen MR) is 147 cm³/mol. The zero-order valence-corrected chi connectivity index (χ0v) is 23.4. The van der Waals surface area contributed by atoms with E-state index in [2.05, 4.69) is 5.32 Å². The normalized spacial score (nSPS) is 12.2. The van der Waals surface area contributed by atoms with Crippen molar-refractivity contribution in [1.29, 1.82) is 0 Å². The number of amides is 2. The molecular formula is C27H28Cl2FN3O4S. The van der Waals surface area contributed by atoms with Crippen molar-refractivity contribution >= 4 is 50.7 Å². The van der Waals surface area contributed by atoms with Crippen molar-refractivity contribution in [1.82, 2.24) is 10.2 Å². The number of hydrogen-bond donors (Lipinski definition) is 1. The van der Waals surface area contributed by atoms with E-state index in [1.165, 1.54) is 54.3 Å². The average molecular weight is 581 g/mol. The molecule has 0 saturated carbocycles. The van der Waals surface area contributed by atoms with Crippen LogP contribution in [0.25, 0.3) is 0 Å². The van der Waals surface area contributed by atoms with Crippen molar-refractivity contribution in [3.05, 3.63) is 94.2 Å². The summed E-state index contributed by atoms with van der Waals surface area (Å²) in [4.78, 5) is 27.8. The van der Waals surface area contributed by atoms with E-state index in [0.717, 1.165) is 6.07 Å². The molecule has 1 atom stereocenters. The first-order chi connectivity index (χ1) is 17.9. The predicted octanol–water partition coefficient (Wildman–Crippen LogP) is 5.27. The van der Waals surface area contributed by atoms with Crippen molar-refractivity contribution in [2.45, 2.75) is 44.3 Å². The number of benzene rings is 3. The van der Waals surface area contributed by atoms with Crippen LogP contribution >= 0.6 is 23.2 Å². The summed E-state index contributed by atoms with van der Waals surface area (Å²) in [7, 11) is -4.37. The van der Waals surface area contributed by atoms with E-state index in [0.29, 0.717) is 9.87 Å². The van der Waals surface area contributed by atoms with Gasteiger partial charge in [-0.25, -0.2) is 12.8 Å². The lowest BCUT2D eigenvalue weighted by Gasteiger charge is -2.32. The number of anilines is 1. The smallest absolute Gasteiger partial charge is 0.264 e. The van der Waals surface area contributed by atoms with Gasteiger partial charge in [-0.15, -0.1) is 0 Å². The van der Waals surface area contributed by atoms with E-state index in [4.69, 9.17) is 23.2 Å². The molecular weight excluding hydrogens is 552 g/mol. The van der Waals surface area contributed by atoms with Gasteiger partial charge in [0.25, 0.3) is 10.0 Å². The molecule has 0 saturated heterocycles. The van der Waals surface area contributed by atoms with Gasteiger partial charge >= 0.3 is 0 Å². The molecule has 0 unspecified atom stereocenters. The quantitative estimate of drug-likeness (QED) is 0.354. The number of carbonyl (C=O) groups excluding carboxylic acids is 2. The highest BCUT2D eigenvalue weighted by molar-refractivity contribution is 7.92. The van der Waals surface area contributed by atoms with Gasteiger partial charge in [-0.1, -0.05) is 59.6 Å². The van der Waals surface area contributed by atoms with Crippen LogP contribution in [-0.2, 0) is 26.2 Å². The third-order valence-electron chi connectivity index (χ3n) is 5.72. The maximum Gasteiger partial charge on any atom is 0.264 e. The molecule has 0 heterocycles. The molecule has 0 aliphatic heterocycles. The fourth-order valence-electron chi connectivity index (χ4n) is 3.73. The second-order valence-corrected chi connectivity index (χ2v) is 11.5. The van der Waals surface area contributed by atoms with Gasteiger partial charge in [0.2, 0.25) is 11.8 Å². The molecule has 1 N–H and O–H groups in total. The van der Waals surface area contributed by atoms with Crippen LogP contribution in [0.2, 0.25) is 10.0 Å². The van der Waals surface area contributed by atoms with Gasteiger partial charge in [-0.2, -0.15) is 0 Å². The van der Waals surface area contributed by atoms with Gasteiger partial charge in [0.05, 0.1) is 10.6 Å². The molecule has 3 aromatic rings. The Bertz CT molecular complexity index is 1380. The van der Waals surface area contributed by atoms with Gasteiger partial charge in [-0.3, -0.25) is 13.9 Å². The number of rotatable bonds is 10. The SMILES string of the molecule is CC(C)NC(=O)[C@H](C)N(Cc1c(Cl)cccc1Cl)C(=O)CN(c1ccccc1F)S(=O)(=O)c1ccccc1. The molecule has 0 spiro atoms. The second kappa shape index (κ2) is 12.6. The molecule has 0 aromatic heterocycles. The molecule has 0 aliphatic rings. The molecule has 0 aliphatic carbocycles. The maximum absolute atomic E-state index is 14.9. The van der Waals surface area contributed by atoms with E-state index < -0.39 is 40.2 Å². The van der Waals surface area contributed by atoms with Crippen LogP contribution < -0.4 is 9.62 Å². The van der Waals surface area contributed by atoms with Crippen molar-refractivity contribution in [2.24, 2.45) is 0 Å². The number of carbonyl (C=O) groups is 2. The molecule has 3 aromatic carbocycles. The fraction of sp³-hybridized carbons (Fsp3) is 0.259. The first-order valence-corrected chi connectivity index (χ1v) is 14.0. The molecule has 7 nitrogen and oxygen atoms in total. The van der Waals surface area contributed by atoms with Crippen LogP contribution in [0.5, 0.6) is 0 Å². The van der Waals surface area contributed by atoms with E-state index in [1.54, 1.807) is 38.1 Å². The van der Waals surface area contributed by atoms with Gasteiger partial charge in [0.1, 0.15) is 18.4 Å². The summed E-state index contributed by atoms with van der Waals surface area (Å²) in [6.45, 7) is 4.10. The van der Waals surface area contributed by atoms with Crippen LogP contribution in [0, 0.1) is 5.82 Å². The summed E-state index contributed by atoms with van der Waals surface area (Å²) in [6.07, 6.45) is 0. The number of para-hydroxylation sites is 1. The fourth-order valence-corrected chi connectivity index (χ4v) is 5.69. The van der Waals surface area contributed by atoms with E-state index in [-0.39, 0.29) is 33.2 Å². The van der Waals surface area contributed by atoms with Gasteiger partial charge in [0, 0.05) is 28.2 Å². The highest BCUT2D eigenvalue weighted by atomic mass is 35.5. The standard InChI is InChI=1S/C27H28Cl2FN3O4S/c1-18(2)31-27(35)19(3)32(16-21-22(28)12-9-13-23(21)29)26(34)17-33(25-15-8-7-14-24(25)30)38(36,37)20-10-5-4-6-11-20/h4-15,18-19H,16-17H2,1-3H3,(H,31,35)/t19-/m0/s1. The van der Waals surface area contributed by atoms with Crippen molar-refractivity contribution < 1.29 is 22.4 Å². The Balaban J connectivity index is 2.07. The minimum Gasteiger partial charge on any atom is -0.352 e. The zero-order valence-electron chi connectivity index (χ0n) is 21.1. The molecule has 38 heavy (non-hydrogen) atoms. The molecule has 0 bridgehead atoms. The Morgan fingerprint density at radius 2 is 1.47 bits per heavy atom. The van der Waals surface area contributed by atoms with E-state index in [9.17, 15) is 22.4 Å². The maximum atomic E-state index is 14.9. The summed E-state index contributed by atoms with van der Waals surface area (Å²) in [5.41, 5.74) is 0.0800. The Morgan fingerprint density at radius 3 is 2.05 bits per heavy atom. The molecule has 0 fully saturated rings. The Kier molecular flexibility index (Phi) is 9.76. The van der Waals surface area contributed by atoms with Gasteiger partial charge in [0.15, 0.2) is 0 Å². The number of nitrogens with zero attached hydrogens (tertiary/aromatic N) is 2. The lowest BCUT2D eigenvalue weighted by Crippen LogP contribution is -2.52. The largest absolute Gasteiger partial charge is 0.352 e. The molecule has 11 heteroatoms. The first kappa shape index (κ1) is 29.4. The third-order valence-corrected chi connectivity index (χ3v) is 8.20. The monoisotopic (exact) mass is 579 g/mol. The summed E-state index contributed by atoms with van der Waals surface area (Å²) in [5, 5.41) is 3.30. The minimum atomic E-state index is -4.37. The van der Waals surface area contributed by atoms with Crippen LogP contribution in [0.3, 0.4) is 0 Å². The Morgan fingerprint density at radius 1 is 0.895 bits per heavy atom. The number of hydrogen-bond acceptors (Lipinski definition) is 4. The topological polar surface area (TPSA) is 86.8 Å². The Labute approximate surface area is 232 Å². The number of halogens is 3. The molecule has 0 radical (unpaired) electrons. The summed E-state index contributed by atoms with van der Waals surface area (Å²) in [5.74, 6) is -2.04. The van der Waals surface area contributed by atoms with Crippen LogP contribution in [0.1, 0.15) is 26.3 Å². The van der Waals surface area contributed by atoms with Gasteiger partial charge < -0.3 is 10.2 Å². The highest BCUT2D eigenvalue weighted by Gasteiger charge is 2.34. The third kappa shape index (κ3) is 6.83. The van der Waals surface area contributed by atoms with E-state index >= 15 is 0 Å². The zero-order chi connectivity index (χ0) is 28.0. The molecule has 3 rings (SSSR count). The molecule has 2 amide bonds. The number of nitrogens with one attached hydrogen (secondary N) is 1. The molecule has 202 valence electrons. The van der Waals surface area contributed by atoms with Crippen molar-refractivity contribution in [2.75, 3.05) is 10.8 Å². The lowest BCUT2D eigenvalue weighted by atomic mass is 10.1. The summed E-state index contributed by atoms with van der Waals surface area (Å²) in [6, 6.07) is 16.3. The first-order valence-electron chi connectivity index (χ1n) is 11.8. The van der Waals surface area contributed by atoms with Gasteiger partial charge in [-0.05, 0) is 57.2 Å².